The van der Waals surface area contributed by atoms with E-state index in [9.17, 15) is 4.79 Å². The molecular weight excluding hydrogens is 340 g/mol. The second-order valence-corrected chi connectivity index (χ2v) is 6.30. The van der Waals surface area contributed by atoms with Crippen LogP contribution < -0.4 is 4.90 Å². The van der Waals surface area contributed by atoms with Crippen LogP contribution in [0.4, 0.5) is 5.82 Å². The number of benzene rings is 1. The number of halogens is 1. The van der Waals surface area contributed by atoms with E-state index in [-0.39, 0.29) is 12.5 Å². The van der Waals surface area contributed by atoms with Gasteiger partial charge in [0.25, 0.3) is 0 Å². The predicted molar refractivity (Wildman–Crippen MR) is 95.6 cm³/mol. The summed E-state index contributed by atoms with van der Waals surface area (Å²) in [5, 5.41) is 9.32. The molecule has 0 atom stereocenters. The van der Waals surface area contributed by atoms with Crippen molar-refractivity contribution in [2.75, 3.05) is 31.1 Å². The molecular formula is C17H17ClN6O. The highest BCUT2D eigenvalue weighted by Gasteiger charge is 2.23. The Hall–Kier alpha value is -2.67. The van der Waals surface area contributed by atoms with E-state index in [1.807, 2.05) is 41.3 Å². The molecule has 25 heavy (non-hydrogen) atoms. The normalized spacial score (nSPS) is 14.9. The van der Waals surface area contributed by atoms with E-state index in [2.05, 4.69) is 20.1 Å². The maximum absolute atomic E-state index is 12.5. The second-order valence-electron chi connectivity index (χ2n) is 5.90. The van der Waals surface area contributed by atoms with Gasteiger partial charge >= 0.3 is 0 Å². The first-order valence-electron chi connectivity index (χ1n) is 8.14. The maximum atomic E-state index is 12.5. The Morgan fingerprint density at radius 1 is 1.00 bits per heavy atom. The van der Waals surface area contributed by atoms with Crippen molar-refractivity contribution < 1.29 is 4.79 Å². The lowest BCUT2D eigenvalue weighted by Gasteiger charge is -2.35. The number of nitrogens with zero attached hydrogens (tertiary/aromatic N) is 6. The van der Waals surface area contributed by atoms with Crippen molar-refractivity contribution in [3.8, 4) is 0 Å². The molecule has 2 aromatic heterocycles. The number of anilines is 1. The molecule has 0 aliphatic carbocycles. The molecule has 3 aromatic rings. The zero-order chi connectivity index (χ0) is 17.2. The van der Waals surface area contributed by atoms with Crippen LogP contribution in [0.1, 0.15) is 0 Å². The van der Waals surface area contributed by atoms with E-state index in [1.165, 1.54) is 4.80 Å². The van der Waals surface area contributed by atoms with Crippen LogP contribution >= 0.6 is 11.6 Å². The van der Waals surface area contributed by atoms with Crippen molar-refractivity contribution in [1.82, 2.24) is 24.9 Å². The number of aromatic nitrogens is 4. The molecule has 1 aromatic carbocycles. The van der Waals surface area contributed by atoms with Crippen molar-refractivity contribution in [3.63, 3.8) is 0 Å². The fourth-order valence-corrected chi connectivity index (χ4v) is 3.21. The van der Waals surface area contributed by atoms with Crippen molar-refractivity contribution in [2.45, 2.75) is 6.54 Å². The monoisotopic (exact) mass is 356 g/mol. The highest BCUT2D eigenvalue weighted by atomic mass is 35.5. The summed E-state index contributed by atoms with van der Waals surface area (Å²) < 4.78 is 0. The molecule has 0 saturated carbocycles. The second kappa shape index (κ2) is 6.68. The van der Waals surface area contributed by atoms with Crippen molar-refractivity contribution in [2.24, 2.45) is 0 Å². The van der Waals surface area contributed by atoms with Gasteiger partial charge in [-0.05, 0) is 24.3 Å². The smallest absolute Gasteiger partial charge is 0.246 e. The number of fused-ring (bicyclic) bond motifs is 1. The highest BCUT2D eigenvalue weighted by Crippen LogP contribution is 2.23. The summed E-state index contributed by atoms with van der Waals surface area (Å²) in [6.45, 7) is 2.83. The van der Waals surface area contributed by atoms with E-state index >= 15 is 0 Å². The van der Waals surface area contributed by atoms with Crippen LogP contribution in [0.3, 0.4) is 0 Å². The van der Waals surface area contributed by atoms with Crippen LogP contribution in [-0.4, -0.2) is 57.0 Å². The summed E-state index contributed by atoms with van der Waals surface area (Å²) in [4.78, 5) is 22.3. The number of amides is 1. The van der Waals surface area contributed by atoms with Gasteiger partial charge in [0.05, 0.1) is 5.02 Å². The molecule has 1 amide bonds. The average Bonchev–Trinajstić information content (AvgIpc) is 3.04. The molecule has 0 N–H and O–H groups in total. The minimum absolute atomic E-state index is 0.0204. The lowest BCUT2D eigenvalue weighted by atomic mass is 10.3. The molecule has 0 spiro atoms. The summed E-state index contributed by atoms with van der Waals surface area (Å²) in [6, 6.07) is 11.2. The fraction of sp³-hybridized carbons (Fsp3) is 0.294. The Balaban J connectivity index is 1.39. The first-order valence-corrected chi connectivity index (χ1v) is 8.51. The van der Waals surface area contributed by atoms with E-state index < -0.39 is 0 Å². The largest absolute Gasteiger partial charge is 0.352 e. The molecule has 7 nitrogen and oxygen atoms in total. The van der Waals surface area contributed by atoms with E-state index in [0.717, 1.165) is 16.9 Å². The quantitative estimate of drug-likeness (QED) is 0.716. The number of rotatable bonds is 3. The summed E-state index contributed by atoms with van der Waals surface area (Å²) >= 11 is 6.20. The number of carbonyl (C=O) groups excluding carboxylic acids is 1. The third kappa shape index (κ3) is 3.28. The molecule has 0 unspecified atom stereocenters. The summed E-state index contributed by atoms with van der Waals surface area (Å²) in [6.07, 6.45) is 1.73. The Morgan fingerprint density at radius 3 is 2.32 bits per heavy atom. The van der Waals surface area contributed by atoms with Crippen LogP contribution in [0.15, 0.2) is 42.6 Å². The number of piperazine rings is 1. The van der Waals surface area contributed by atoms with Crippen LogP contribution in [0.2, 0.25) is 5.02 Å². The minimum atomic E-state index is 0.0204. The maximum Gasteiger partial charge on any atom is 0.246 e. The topological polar surface area (TPSA) is 67.2 Å². The zero-order valence-electron chi connectivity index (χ0n) is 13.5. The van der Waals surface area contributed by atoms with Crippen molar-refractivity contribution in [3.05, 3.63) is 47.6 Å². The first kappa shape index (κ1) is 15.8. The summed E-state index contributed by atoms with van der Waals surface area (Å²) in [5.74, 6) is 0.795. The molecule has 1 fully saturated rings. The third-order valence-electron chi connectivity index (χ3n) is 4.28. The van der Waals surface area contributed by atoms with E-state index in [0.29, 0.717) is 31.2 Å². The lowest BCUT2D eigenvalue weighted by Crippen LogP contribution is -2.50. The Labute approximate surface area is 149 Å². The van der Waals surface area contributed by atoms with Gasteiger partial charge in [0.1, 0.15) is 23.4 Å². The molecule has 1 saturated heterocycles. The molecule has 1 aliphatic heterocycles. The standard InChI is InChI=1S/C17H17ClN6O/c18-13-4-3-7-19-17(13)23-10-8-22(9-11-23)16(25)12-24-20-14-5-1-2-6-15(14)21-24/h1-7H,8-12H2. The highest BCUT2D eigenvalue weighted by molar-refractivity contribution is 6.32. The Bertz CT molecular complexity index is 870. The molecule has 0 bridgehead atoms. The van der Waals surface area contributed by atoms with Gasteiger partial charge in [0.2, 0.25) is 5.91 Å². The lowest BCUT2D eigenvalue weighted by molar-refractivity contribution is -0.132. The fourth-order valence-electron chi connectivity index (χ4n) is 2.97. The Morgan fingerprint density at radius 2 is 1.68 bits per heavy atom. The van der Waals surface area contributed by atoms with Crippen molar-refractivity contribution in [1.29, 1.82) is 0 Å². The SMILES string of the molecule is O=C(Cn1nc2ccccc2n1)N1CCN(c2ncccc2Cl)CC1. The number of hydrogen-bond donors (Lipinski definition) is 0. The Kier molecular flexibility index (Phi) is 4.23. The first-order chi connectivity index (χ1) is 12.2. The van der Waals surface area contributed by atoms with Gasteiger partial charge in [-0.1, -0.05) is 23.7 Å². The van der Waals surface area contributed by atoms with Gasteiger partial charge in [-0.3, -0.25) is 4.79 Å². The van der Waals surface area contributed by atoms with Gasteiger partial charge in [-0.2, -0.15) is 15.0 Å². The predicted octanol–water partition coefficient (Wildman–Crippen LogP) is 1.83. The molecule has 0 radical (unpaired) electrons. The van der Waals surface area contributed by atoms with Crippen LogP contribution in [0, 0.1) is 0 Å². The minimum Gasteiger partial charge on any atom is -0.352 e. The molecule has 3 heterocycles. The van der Waals surface area contributed by atoms with Crippen LogP contribution in [0.5, 0.6) is 0 Å². The summed E-state index contributed by atoms with van der Waals surface area (Å²) in [5.41, 5.74) is 1.59. The number of carbonyl (C=O) groups is 1. The van der Waals surface area contributed by atoms with Gasteiger partial charge in [-0.25, -0.2) is 4.98 Å². The third-order valence-corrected chi connectivity index (χ3v) is 4.57. The average molecular weight is 357 g/mol. The van der Waals surface area contributed by atoms with E-state index in [1.54, 1.807) is 6.20 Å². The number of pyridine rings is 1. The van der Waals surface area contributed by atoms with Crippen molar-refractivity contribution >= 4 is 34.4 Å². The van der Waals surface area contributed by atoms with Gasteiger partial charge in [-0.15, -0.1) is 0 Å². The van der Waals surface area contributed by atoms with Gasteiger partial charge in [0.15, 0.2) is 0 Å². The molecule has 128 valence electrons. The van der Waals surface area contributed by atoms with Gasteiger partial charge in [0, 0.05) is 32.4 Å². The molecule has 4 rings (SSSR count). The molecule has 8 heteroatoms. The summed E-state index contributed by atoms with van der Waals surface area (Å²) in [7, 11) is 0. The van der Waals surface area contributed by atoms with Crippen LogP contribution in [-0.2, 0) is 11.3 Å². The number of hydrogen-bond acceptors (Lipinski definition) is 5. The molecule has 1 aliphatic rings. The van der Waals surface area contributed by atoms with E-state index in [4.69, 9.17) is 11.6 Å². The van der Waals surface area contributed by atoms with Gasteiger partial charge < -0.3 is 9.80 Å². The zero-order valence-corrected chi connectivity index (χ0v) is 14.3. The van der Waals surface area contributed by atoms with Crippen LogP contribution in [0.25, 0.3) is 11.0 Å².